The van der Waals surface area contributed by atoms with E-state index in [0.717, 1.165) is 33.5 Å². The number of hydrogen-bond acceptors (Lipinski definition) is 3. The molecular formula is C32H35BrN2O. The Bertz CT molecular complexity index is 1280. The second kappa shape index (κ2) is 9.23. The molecule has 36 heavy (non-hydrogen) atoms. The Balaban J connectivity index is 1.72. The SMILES string of the molecule is CC1(C)CC(=O)C2=C(C1)N(c1ccccc1)C(c1ccc(Br)cc1)N(c1ccc(C(C)(C)C)cc1)C2. The fourth-order valence-electron chi connectivity index (χ4n) is 5.51. The lowest BCUT2D eigenvalue weighted by Gasteiger charge is -2.51. The van der Waals surface area contributed by atoms with Gasteiger partial charge in [-0.05, 0) is 64.8 Å². The van der Waals surface area contributed by atoms with Crippen LogP contribution in [-0.4, -0.2) is 12.3 Å². The highest BCUT2D eigenvalue weighted by atomic mass is 79.9. The zero-order valence-electron chi connectivity index (χ0n) is 21.9. The quantitative estimate of drug-likeness (QED) is 0.331. The molecule has 0 N–H and O–H groups in total. The fraction of sp³-hybridized carbons (Fsp3) is 0.344. The third-order valence-electron chi connectivity index (χ3n) is 7.40. The highest BCUT2D eigenvalue weighted by Crippen LogP contribution is 2.48. The van der Waals surface area contributed by atoms with Gasteiger partial charge in [-0.2, -0.15) is 0 Å². The molecule has 0 radical (unpaired) electrons. The lowest BCUT2D eigenvalue weighted by atomic mass is 9.74. The molecule has 1 unspecified atom stereocenters. The molecule has 1 aliphatic heterocycles. The minimum Gasteiger partial charge on any atom is -0.342 e. The number of ketones is 1. The Labute approximate surface area is 224 Å². The zero-order chi connectivity index (χ0) is 25.7. The van der Waals surface area contributed by atoms with Gasteiger partial charge in [-0.3, -0.25) is 4.79 Å². The van der Waals surface area contributed by atoms with Crippen LogP contribution < -0.4 is 9.80 Å². The van der Waals surface area contributed by atoms with Gasteiger partial charge in [0.15, 0.2) is 5.78 Å². The molecule has 0 saturated carbocycles. The topological polar surface area (TPSA) is 23.6 Å². The van der Waals surface area contributed by atoms with Gasteiger partial charge in [-0.25, -0.2) is 0 Å². The first kappa shape index (κ1) is 24.8. The van der Waals surface area contributed by atoms with Crippen molar-refractivity contribution in [2.24, 2.45) is 5.41 Å². The van der Waals surface area contributed by atoms with Gasteiger partial charge in [-0.15, -0.1) is 0 Å². The second-order valence-electron chi connectivity index (χ2n) is 11.9. The lowest BCUT2D eigenvalue weighted by molar-refractivity contribution is -0.118. The van der Waals surface area contributed by atoms with E-state index < -0.39 is 0 Å². The van der Waals surface area contributed by atoms with Crippen LogP contribution in [0.2, 0.25) is 0 Å². The van der Waals surface area contributed by atoms with E-state index in [1.54, 1.807) is 0 Å². The number of rotatable bonds is 3. The molecule has 0 saturated heterocycles. The van der Waals surface area contributed by atoms with Gasteiger partial charge in [0.2, 0.25) is 0 Å². The predicted octanol–water partition coefficient (Wildman–Crippen LogP) is 8.42. The molecule has 1 aliphatic carbocycles. The molecular weight excluding hydrogens is 508 g/mol. The van der Waals surface area contributed by atoms with Crippen molar-refractivity contribution < 1.29 is 4.79 Å². The summed E-state index contributed by atoms with van der Waals surface area (Å²) in [6.45, 7) is 11.8. The summed E-state index contributed by atoms with van der Waals surface area (Å²) in [6, 6.07) is 28.1. The number of hydrogen-bond donors (Lipinski definition) is 0. The fourth-order valence-corrected chi connectivity index (χ4v) is 5.78. The Hall–Kier alpha value is -2.85. The maximum atomic E-state index is 13.6. The second-order valence-corrected chi connectivity index (χ2v) is 12.8. The summed E-state index contributed by atoms with van der Waals surface area (Å²) in [7, 11) is 0. The smallest absolute Gasteiger partial charge is 0.162 e. The molecule has 186 valence electrons. The first-order valence-electron chi connectivity index (χ1n) is 12.8. The summed E-state index contributed by atoms with van der Waals surface area (Å²) in [5.74, 6) is 0.271. The third-order valence-corrected chi connectivity index (χ3v) is 7.93. The van der Waals surface area contributed by atoms with E-state index in [2.05, 4.69) is 139 Å². The van der Waals surface area contributed by atoms with Gasteiger partial charge in [0.05, 0.1) is 6.54 Å². The molecule has 0 aromatic heterocycles. The van der Waals surface area contributed by atoms with E-state index in [-0.39, 0.29) is 22.8 Å². The van der Waals surface area contributed by atoms with Crippen LogP contribution in [0.3, 0.4) is 0 Å². The highest BCUT2D eigenvalue weighted by molar-refractivity contribution is 9.10. The maximum Gasteiger partial charge on any atom is 0.162 e. The summed E-state index contributed by atoms with van der Waals surface area (Å²) >= 11 is 3.61. The number of Topliss-reactive ketones (excluding diaryl/α,β-unsaturated/α-hetero) is 1. The highest BCUT2D eigenvalue weighted by Gasteiger charge is 2.43. The van der Waals surface area contributed by atoms with Crippen LogP contribution in [0.1, 0.15) is 64.8 Å². The van der Waals surface area contributed by atoms with Gasteiger partial charge in [0.1, 0.15) is 6.17 Å². The number of carbonyl (C=O) groups excluding carboxylic acids is 1. The zero-order valence-corrected chi connectivity index (χ0v) is 23.5. The minimum absolute atomic E-state index is 0.0657. The summed E-state index contributed by atoms with van der Waals surface area (Å²) < 4.78 is 1.06. The first-order valence-corrected chi connectivity index (χ1v) is 13.5. The van der Waals surface area contributed by atoms with Crippen LogP contribution in [0.15, 0.2) is 94.6 Å². The largest absolute Gasteiger partial charge is 0.342 e. The van der Waals surface area contributed by atoms with E-state index >= 15 is 0 Å². The molecule has 2 aliphatic rings. The number of halogens is 1. The van der Waals surface area contributed by atoms with Crippen molar-refractivity contribution in [3.8, 4) is 0 Å². The van der Waals surface area contributed by atoms with Crippen LogP contribution in [0.25, 0.3) is 0 Å². The monoisotopic (exact) mass is 542 g/mol. The van der Waals surface area contributed by atoms with Gasteiger partial charge in [0, 0.05) is 33.5 Å². The number of allylic oxidation sites excluding steroid dienone is 1. The Morgan fingerprint density at radius 2 is 1.47 bits per heavy atom. The number of carbonyl (C=O) groups is 1. The number of anilines is 2. The third kappa shape index (κ3) is 4.76. The molecule has 0 fully saturated rings. The van der Waals surface area contributed by atoms with Crippen LogP contribution in [0.4, 0.5) is 11.4 Å². The van der Waals surface area contributed by atoms with Gasteiger partial charge in [0.25, 0.3) is 0 Å². The Morgan fingerprint density at radius 3 is 2.08 bits per heavy atom. The molecule has 0 amide bonds. The molecule has 1 heterocycles. The molecule has 3 aromatic carbocycles. The van der Waals surface area contributed by atoms with Crippen LogP contribution >= 0.6 is 15.9 Å². The molecule has 3 aromatic rings. The van der Waals surface area contributed by atoms with Crippen molar-refractivity contribution in [2.45, 2.75) is 59.0 Å². The van der Waals surface area contributed by atoms with E-state index in [1.165, 1.54) is 11.1 Å². The standard InChI is InChI=1S/C32H35BrN2O/c1-31(2,3)23-13-17-25(18-14-23)34-21-27-28(19-32(4,5)20-29(27)36)35(26-9-7-6-8-10-26)30(34)22-11-15-24(33)16-12-22/h6-18,30H,19-21H2,1-5H3. The summed E-state index contributed by atoms with van der Waals surface area (Å²) in [4.78, 5) is 18.4. The number of nitrogens with zero attached hydrogens (tertiary/aromatic N) is 2. The minimum atomic E-state index is -0.0681. The molecule has 3 nitrogen and oxygen atoms in total. The molecule has 4 heteroatoms. The van der Waals surface area contributed by atoms with Crippen LogP contribution in [0, 0.1) is 5.41 Å². The van der Waals surface area contributed by atoms with E-state index in [9.17, 15) is 4.79 Å². The molecule has 5 rings (SSSR count). The van der Waals surface area contributed by atoms with Crippen molar-refractivity contribution in [1.29, 1.82) is 0 Å². The maximum absolute atomic E-state index is 13.6. The molecule has 0 bridgehead atoms. The first-order chi connectivity index (χ1) is 17.0. The summed E-state index contributed by atoms with van der Waals surface area (Å²) in [6.07, 6.45) is 1.41. The van der Waals surface area contributed by atoms with Gasteiger partial charge in [-0.1, -0.05) is 93.0 Å². The Kier molecular flexibility index (Phi) is 6.36. The molecule has 1 atom stereocenters. The lowest BCUT2D eigenvalue weighted by Crippen LogP contribution is -2.51. The van der Waals surface area contributed by atoms with Crippen molar-refractivity contribution in [3.05, 3.63) is 106 Å². The number of para-hydroxylation sites is 1. The van der Waals surface area contributed by atoms with Crippen molar-refractivity contribution in [3.63, 3.8) is 0 Å². The average molecular weight is 544 g/mol. The Morgan fingerprint density at radius 1 is 0.833 bits per heavy atom. The predicted molar refractivity (Wildman–Crippen MR) is 153 cm³/mol. The molecule has 0 spiro atoms. The van der Waals surface area contributed by atoms with Gasteiger partial charge < -0.3 is 9.80 Å². The van der Waals surface area contributed by atoms with E-state index in [1.807, 2.05) is 0 Å². The van der Waals surface area contributed by atoms with Crippen LogP contribution in [-0.2, 0) is 10.2 Å². The average Bonchev–Trinajstić information content (AvgIpc) is 2.83. The normalized spacial score (nSPS) is 19.9. The van der Waals surface area contributed by atoms with Crippen molar-refractivity contribution >= 4 is 33.1 Å². The van der Waals surface area contributed by atoms with E-state index in [0.29, 0.717) is 13.0 Å². The van der Waals surface area contributed by atoms with Gasteiger partial charge >= 0.3 is 0 Å². The van der Waals surface area contributed by atoms with Crippen molar-refractivity contribution in [2.75, 3.05) is 16.3 Å². The van der Waals surface area contributed by atoms with Crippen LogP contribution in [0.5, 0.6) is 0 Å². The van der Waals surface area contributed by atoms with Crippen molar-refractivity contribution in [1.82, 2.24) is 0 Å². The summed E-state index contributed by atoms with van der Waals surface area (Å²) in [5.41, 5.74) is 6.87. The van der Waals surface area contributed by atoms with E-state index in [4.69, 9.17) is 0 Å². The number of benzene rings is 3. The summed E-state index contributed by atoms with van der Waals surface area (Å²) in [5, 5.41) is 0.